The van der Waals surface area contributed by atoms with Gasteiger partial charge in [-0.1, -0.05) is 42.5 Å². The van der Waals surface area contributed by atoms with Crippen LogP contribution in [0.3, 0.4) is 0 Å². The zero-order valence-corrected chi connectivity index (χ0v) is 16.1. The molecular formula is C23H23N3O2. The van der Waals surface area contributed by atoms with Crippen LogP contribution in [0.5, 0.6) is 0 Å². The fourth-order valence-electron chi connectivity index (χ4n) is 4.09. The zero-order valence-electron chi connectivity index (χ0n) is 16.1. The van der Waals surface area contributed by atoms with E-state index in [1.807, 2.05) is 43.4 Å². The molecule has 3 aromatic rings. The van der Waals surface area contributed by atoms with E-state index in [2.05, 4.69) is 34.8 Å². The fourth-order valence-corrected chi connectivity index (χ4v) is 4.09. The van der Waals surface area contributed by atoms with Gasteiger partial charge < -0.3 is 14.8 Å². The lowest BCUT2D eigenvalue weighted by atomic mass is 9.97. The Morgan fingerprint density at radius 2 is 1.89 bits per heavy atom. The van der Waals surface area contributed by atoms with E-state index in [0.717, 1.165) is 22.0 Å². The van der Waals surface area contributed by atoms with Crippen LogP contribution in [0.25, 0.3) is 10.9 Å². The van der Waals surface area contributed by atoms with Crippen molar-refractivity contribution in [2.75, 3.05) is 6.54 Å². The molecule has 0 unspecified atom stereocenters. The summed E-state index contributed by atoms with van der Waals surface area (Å²) >= 11 is 0. The first-order valence-corrected chi connectivity index (χ1v) is 9.38. The number of nitrogens with zero attached hydrogens (tertiary/aromatic N) is 2. The smallest absolute Gasteiger partial charge is 0.255 e. The Bertz CT molecular complexity index is 1080. The van der Waals surface area contributed by atoms with Crippen LogP contribution in [0.4, 0.5) is 0 Å². The standard InChI is InChI=1S/C23H23N3O2/c1-4-13-24-22(27)15(2)26-21(17-10-5-6-11-18(17)23(26)28)19-14-25(3)20-12-8-7-9-16(19)20/h4-12,14-15,21H,1,13H2,2-3H3,(H,24,27)/t15-,21-/m0/s1. The third kappa shape index (κ3) is 2.71. The van der Waals surface area contributed by atoms with Crippen molar-refractivity contribution in [1.29, 1.82) is 0 Å². The van der Waals surface area contributed by atoms with E-state index >= 15 is 0 Å². The van der Waals surface area contributed by atoms with E-state index < -0.39 is 6.04 Å². The highest BCUT2D eigenvalue weighted by atomic mass is 16.2. The molecule has 1 aliphatic heterocycles. The van der Waals surface area contributed by atoms with Crippen molar-refractivity contribution in [3.8, 4) is 0 Å². The molecule has 1 N–H and O–H groups in total. The summed E-state index contributed by atoms with van der Waals surface area (Å²) < 4.78 is 2.07. The first-order chi connectivity index (χ1) is 13.5. The number of carbonyl (C=O) groups is 2. The van der Waals surface area contributed by atoms with Crippen molar-refractivity contribution < 1.29 is 9.59 Å². The van der Waals surface area contributed by atoms with Crippen LogP contribution in [-0.2, 0) is 11.8 Å². The molecule has 4 rings (SSSR count). The van der Waals surface area contributed by atoms with Crippen LogP contribution in [0.15, 0.2) is 67.4 Å². The molecule has 0 aliphatic carbocycles. The predicted octanol–water partition coefficient (Wildman–Crippen LogP) is 3.41. The van der Waals surface area contributed by atoms with Gasteiger partial charge in [0.15, 0.2) is 0 Å². The second kappa shape index (κ2) is 7.00. The molecule has 0 radical (unpaired) electrons. The number of amides is 2. The Kier molecular flexibility index (Phi) is 4.51. The topological polar surface area (TPSA) is 54.3 Å². The molecule has 0 bridgehead atoms. The number of rotatable bonds is 5. The molecule has 28 heavy (non-hydrogen) atoms. The van der Waals surface area contributed by atoms with Gasteiger partial charge in [0.1, 0.15) is 6.04 Å². The van der Waals surface area contributed by atoms with E-state index in [1.165, 1.54) is 0 Å². The van der Waals surface area contributed by atoms with Gasteiger partial charge in [0.2, 0.25) is 5.91 Å². The molecule has 0 fully saturated rings. The average Bonchev–Trinajstić information content (AvgIpc) is 3.20. The van der Waals surface area contributed by atoms with Gasteiger partial charge in [-0.2, -0.15) is 0 Å². The number of carbonyl (C=O) groups excluding carboxylic acids is 2. The summed E-state index contributed by atoms with van der Waals surface area (Å²) in [7, 11) is 2.00. The van der Waals surface area contributed by atoms with Crippen LogP contribution >= 0.6 is 0 Å². The molecule has 0 saturated carbocycles. The Morgan fingerprint density at radius 1 is 1.18 bits per heavy atom. The Morgan fingerprint density at radius 3 is 2.68 bits per heavy atom. The van der Waals surface area contributed by atoms with Gasteiger partial charge in [0.05, 0.1) is 6.04 Å². The van der Waals surface area contributed by atoms with Crippen molar-refractivity contribution in [3.05, 3.63) is 84.1 Å². The van der Waals surface area contributed by atoms with Crippen LogP contribution < -0.4 is 5.32 Å². The van der Waals surface area contributed by atoms with Crippen molar-refractivity contribution >= 4 is 22.7 Å². The van der Waals surface area contributed by atoms with Crippen molar-refractivity contribution in [3.63, 3.8) is 0 Å². The van der Waals surface area contributed by atoms with E-state index in [4.69, 9.17) is 0 Å². The molecule has 0 saturated heterocycles. The number of hydrogen-bond donors (Lipinski definition) is 1. The summed E-state index contributed by atoms with van der Waals surface area (Å²) in [4.78, 5) is 27.6. The number of para-hydroxylation sites is 1. The average molecular weight is 373 g/mol. The molecule has 142 valence electrons. The maximum atomic E-state index is 13.3. The lowest BCUT2D eigenvalue weighted by Crippen LogP contribution is -2.47. The fraction of sp³-hybridized carbons (Fsp3) is 0.217. The van der Waals surface area contributed by atoms with E-state index in [1.54, 1.807) is 17.9 Å². The van der Waals surface area contributed by atoms with Gasteiger partial charge in [-0.25, -0.2) is 0 Å². The second-order valence-corrected chi connectivity index (χ2v) is 7.12. The monoisotopic (exact) mass is 373 g/mol. The van der Waals surface area contributed by atoms with Gasteiger partial charge in [0.25, 0.3) is 5.91 Å². The highest BCUT2D eigenvalue weighted by Crippen LogP contribution is 2.42. The Labute approximate surface area is 164 Å². The molecular weight excluding hydrogens is 350 g/mol. The summed E-state index contributed by atoms with van der Waals surface area (Å²) in [5.74, 6) is -0.305. The number of fused-ring (bicyclic) bond motifs is 2. The second-order valence-electron chi connectivity index (χ2n) is 7.12. The molecule has 1 aromatic heterocycles. The van der Waals surface area contributed by atoms with Crippen molar-refractivity contribution in [2.24, 2.45) is 7.05 Å². The third-order valence-corrected chi connectivity index (χ3v) is 5.44. The Hall–Kier alpha value is -3.34. The third-order valence-electron chi connectivity index (χ3n) is 5.44. The maximum Gasteiger partial charge on any atom is 0.255 e. The highest BCUT2D eigenvalue weighted by molar-refractivity contribution is 6.03. The molecule has 2 atom stereocenters. The summed E-state index contributed by atoms with van der Waals surface area (Å²) in [5, 5.41) is 3.90. The van der Waals surface area contributed by atoms with E-state index in [-0.39, 0.29) is 17.9 Å². The predicted molar refractivity (Wildman–Crippen MR) is 110 cm³/mol. The lowest BCUT2D eigenvalue weighted by Gasteiger charge is -2.30. The van der Waals surface area contributed by atoms with Crippen LogP contribution in [0.2, 0.25) is 0 Å². The van der Waals surface area contributed by atoms with E-state index in [9.17, 15) is 9.59 Å². The van der Waals surface area contributed by atoms with Gasteiger partial charge >= 0.3 is 0 Å². The zero-order chi connectivity index (χ0) is 19.8. The summed E-state index contributed by atoms with van der Waals surface area (Å²) in [6.07, 6.45) is 3.69. The maximum absolute atomic E-state index is 13.3. The molecule has 5 nitrogen and oxygen atoms in total. The SMILES string of the molecule is C=CCNC(=O)[C@H](C)N1C(=O)c2ccccc2[C@H]1c1cn(C)c2ccccc12. The van der Waals surface area contributed by atoms with Gasteiger partial charge in [-0.05, 0) is 24.6 Å². The normalized spacial score (nSPS) is 16.9. The first-order valence-electron chi connectivity index (χ1n) is 9.38. The molecule has 2 heterocycles. The van der Waals surface area contributed by atoms with E-state index in [0.29, 0.717) is 12.1 Å². The minimum atomic E-state index is -0.608. The van der Waals surface area contributed by atoms with Crippen LogP contribution in [-0.4, -0.2) is 33.9 Å². The molecule has 0 spiro atoms. The van der Waals surface area contributed by atoms with Crippen molar-refractivity contribution in [1.82, 2.24) is 14.8 Å². The van der Waals surface area contributed by atoms with Crippen LogP contribution in [0, 0.1) is 0 Å². The van der Waals surface area contributed by atoms with Gasteiger partial charge in [0, 0.05) is 41.8 Å². The number of benzene rings is 2. The minimum Gasteiger partial charge on any atom is -0.351 e. The molecule has 2 amide bonds. The summed E-state index contributed by atoms with van der Waals surface area (Å²) in [6.45, 7) is 5.79. The minimum absolute atomic E-state index is 0.116. The first kappa shape index (κ1) is 18.0. The molecule has 2 aromatic carbocycles. The number of hydrogen-bond acceptors (Lipinski definition) is 2. The number of aryl methyl sites for hydroxylation is 1. The van der Waals surface area contributed by atoms with Crippen LogP contribution in [0.1, 0.15) is 34.5 Å². The number of nitrogens with one attached hydrogen (secondary N) is 1. The molecule has 5 heteroatoms. The van der Waals surface area contributed by atoms with Crippen molar-refractivity contribution in [2.45, 2.75) is 19.0 Å². The summed E-state index contributed by atoms with van der Waals surface area (Å²) in [6, 6.07) is 14.8. The quantitative estimate of drug-likeness (QED) is 0.697. The molecule has 1 aliphatic rings. The highest BCUT2D eigenvalue weighted by Gasteiger charge is 2.43. The number of aromatic nitrogens is 1. The van der Waals surface area contributed by atoms with Gasteiger partial charge in [-0.15, -0.1) is 6.58 Å². The largest absolute Gasteiger partial charge is 0.351 e. The lowest BCUT2D eigenvalue weighted by molar-refractivity contribution is -0.125. The van der Waals surface area contributed by atoms with Gasteiger partial charge in [-0.3, -0.25) is 9.59 Å². The Balaban J connectivity index is 1.86. The summed E-state index contributed by atoms with van der Waals surface area (Å²) in [5.41, 5.74) is 3.72.